The Balaban J connectivity index is 0.00000196. The summed E-state index contributed by atoms with van der Waals surface area (Å²) in [5.41, 5.74) is 1.35. The number of hydrogen-bond acceptors (Lipinski definition) is 3. The van der Waals surface area contributed by atoms with Crippen molar-refractivity contribution in [2.24, 2.45) is 16.3 Å². The Morgan fingerprint density at radius 1 is 1.15 bits per heavy atom. The average Bonchev–Trinajstić information content (AvgIpc) is 2.65. The van der Waals surface area contributed by atoms with E-state index in [4.69, 9.17) is 9.47 Å². The van der Waals surface area contributed by atoms with Crippen LogP contribution in [0, 0.1) is 11.3 Å². The predicted octanol–water partition coefficient (Wildman–Crippen LogP) is 3.50. The SMILES string of the molecule is CN=C(NC1CCOc2ccccc21)NC1C2CCCOC2C1(C)C.I. The zero-order valence-electron chi connectivity index (χ0n) is 15.8. The molecule has 0 amide bonds. The molecule has 26 heavy (non-hydrogen) atoms. The normalized spacial score (nSPS) is 32.0. The van der Waals surface area contributed by atoms with Gasteiger partial charge in [0.1, 0.15) is 5.75 Å². The van der Waals surface area contributed by atoms with Crippen molar-refractivity contribution in [3.05, 3.63) is 29.8 Å². The maximum Gasteiger partial charge on any atom is 0.191 e. The average molecular weight is 471 g/mol. The van der Waals surface area contributed by atoms with E-state index in [9.17, 15) is 0 Å². The van der Waals surface area contributed by atoms with E-state index < -0.39 is 0 Å². The van der Waals surface area contributed by atoms with E-state index in [1.807, 2.05) is 19.2 Å². The summed E-state index contributed by atoms with van der Waals surface area (Å²) in [6, 6.07) is 8.90. The molecule has 3 aliphatic rings. The summed E-state index contributed by atoms with van der Waals surface area (Å²) < 4.78 is 11.8. The van der Waals surface area contributed by atoms with Crippen LogP contribution in [-0.4, -0.2) is 38.4 Å². The highest BCUT2D eigenvalue weighted by Crippen LogP contribution is 2.51. The number of nitrogens with one attached hydrogen (secondary N) is 2. The van der Waals surface area contributed by atoms with Crippen molar-refractivity contribution in [2.75, 3.05) is 20.3 Å². The van der Waals surface area contributed by atoms with Crippen LogP contribution in [0.2, 0.25) is 0 Å². The fourth-order valence-corrected chi connectivity index (χ4v) is 4.79. The Bertz CT molecular complexity index is 664. The molecule has 144 valence electrons. The molecule has 0 aromatic heterocycles. The number of rotatable bonds is 2. The van der Waals surface area contributed by atoms with Gasteiger partial charge in [0.05, 0.1) is 18.8 Å². The van der Waals surface area contributed by atoms with Crippen LogP contribution < -0.4 is 15.4 Å². The summed E-state index contributed by atoms with van der Waals surface area (Å²) >= 11 is 0. The van der Waals surface area contributed by atoms with Crippen LogP contribution in [-0.2, 0) is 4.74 Å². The fourth-order valence-electron chi connectivity index (χ4n) is 4.79. The number of halogens is 1. The van der Waals surface area contributed by atoms with Gasteiger partial charge in [-0.25, -0.2) is 0 Å². The van der Waals surface area contributed by atoms with Crippen LogP contribution >= 0.6 is 24.0 Å². The molecular weight excluding hydrogens is 441 g/mol. The number of nitrogens with zero attached hydrogens (tertiary/aromatic N) is 1. The van der Waals surface area contributed by atoms with Gasteiger partial charge in [-0.05, 0) is 18.9 Å². The fraction of sp³-hybridized carbons (Fsp3) is 0.650. The molecule has 5 nitrogen and oxygen atoms in total. The quantitative estimate of drug-likeness (QED) is 0.394. The van der Waals surface area contributed by atoms with Crippen molar-refractivity contribution in [1.29, 1.82) is 0 Å². The van der Waals surface area contributed by atoms with Gasteiger partial charge >= 0.3 is 0 Å². The standard InChI is InChI=1S/C20H29N3O2.HI/c1-20(2)17(14-8-6-11-25-18(14)20)23-19(21-3)22-15-10-12-24-16-9-5-4-7-13(15)16;/h4-5,7,9,14-15,17-18H,6,8,10-12H2,1-3H3,(H2,21,22,23);1H. The minimum atomic E-state index is 0. The third-order valence-electron chi connectivity index (χ3n) is 6.12. The summed E-state index contributed by atoms with van der Waals surface area (Å²) in [4.78, 5) is 4.49. The number of ether oxygens (including phenoxy) is 2. The van der Waals surface area contributed by atoms with E-state index in [2.05, 4.69) is 41.6 Å². The lowest BCUT2D eigenvalue weighted by atomic mass is 9.55. The third-order valence-corrected chi connectivity index (χ3v) is 6.12. The topological polar surface area (TPSA) is 54.9 Å². The molecule has 2 aliphatic heterocycles. The van der Waals surface area contributed by atoms with Gasteiger partial charge in [0.15, 0.2) is 5.96 Å². The molecule has 0 radical (unpaired) electrons. The number of aliphatic imine (C=N–C) groups is 1. The third kappa shape index (κ3) is 3.42. The first-order chi connectivity index (χ1) is 12.1. The molecule has 2 heterocycles. The Kier molecular flexibility index (Phi) is 6.01. The van der Waals surface area contributed by atoms with Gasteiger partial charge in [-0.2, -0.15) is 0 Å². The Morgan fingerprint density at radius 2 is 1.96 bits per heavy atom. The largest absolute Gasteiger partial charge is 0.493 e. The van der Waals surface area contributed by atoms with Gasteiger partial charge in [0, 0.05) is 43.0 Å². The summed E-state index contributed by atoms with van der Waals surface area (Å²) in [5.74, 6) is 2.44. The van der Waals surface area contributed by atoms with Crippen LogP contribution in [0.25, 0.3) is 0 Å². The van der Waals surface area contributed by atoms with E-state index in [1.165, 1.54) is 12.0 Å². The van der Waals surface area contributed by atoms with Crippen LogP contribution in [0.15, 0.2) is 29.3 Å². The van der Waals surface area contributed by atoms with Crippen molar-refractivity contribution in [3.8, 4) is 5.75 Å². The van der Waals surface area contributed by atoms with Crippen molar-refractivity contribution >= 4 is 29.9 Å². The van der Waals surface area contributed by atoms with E-state index in [0.29, 0.717) is 18.1 Å². The predicted molar refractivity (Wildman–Crippen MR) is 114 cm³/mol. The lowest BCUT2D eigenvalue weighted by Crippen LogP contribution is -2.71. The zero-order valence-corrected chi connectivity index (χ0v) is 18.2. The highest BCUT2D eigenvalue weighted by atomic mass is 127. The molecule has 1 saturated heterocycles. The second-order valence-corrected chi connectivity index (χ2v) is 7.98. The monoisotopic (exact) mass is 471 g/mol. The van der Waals surface area contributed by atoms with Gasteiger partial charge in [0.25, 0.3) is 0 Å². The van der Waals surface area contributed by atoms with Gasteiger partial charge in [-0.3, -0.25) is 4.99 Å². The van der Waals surface area contributed by atoms with Gasteiger partial charge < -0.3 is 20.1 Å². The molecule has 4 rings (SSSR count). The summed E-state index contributed by atoms with van der Waals surface area (Å²) in [7, 11) is 1.85. The van der Waals surface area contributed by atoms with Gasteiger partial charge in [-0.15, -0.1) is 24.0 Å². The van der Waals surface area contributed by atoms with Crippen molar-refractivity contribution in [2.45, 2.75) is 51.3 Å². The highest BCUT2D eigenvalue weighted by Gasteiger charge is 2.58. The summed E-state index contributed by atoms with van der Waals surface area (Å²) in [6.07, 6.45) is 3.72. The second kappa shape index (κ2) is 7.92. The first-order valence-electron chi connectivity index (χ1n) is 9.44. The number of para-hydroxylation sites is 1. The number of guanidine groups is 1. The maximum atomic E-state index is 6.02. The first-order valence-corrected chi connectivity index (χ1v) is 9.44. The number of hydrogen-bond donors (Lipinski definition) is 2. The molecule has 0 bridgehead atoms. The summed E-state index contributed by atoms with van der Waals surface area (Å²) in [5, 5.41) is 7.30. The molecule has 0 spiro atoms. The second-order valence-electron chi connectivity index (χ2n) is 7.98. The molecule has 2 fully saturated rings. The molecule has 2 N–H and O–H groups in total. The van der Waals surface area contributed by atoms with Crippen molar-refractivity contribution in [3.63, 3.8) is 0 Å². The Hall–Kier alpha value is -1.02. The molecule has 4 atom stereocenters. The minimum Gasteiger partial charge on any atom is -0.493 e. The van der Waals surface area contributed by atoms with Crippen LogP contribution in [0.1, 0.15) is 44.7 Å². The maximum absolute atomic E-state index is 6.02. The molecule has 1 aliphatic carbocycles. The Morgan fingerprint density at radius 3 is 2.77 bits per heavy atom. The van der Waals surface area contributed by atoms with Crippen molar-refractivity contribution < 1.29 is 9.47 Å². The molecule has 6 heteroatoms. The Labute approximate surface area is 173 Å². The van der Waals surface area contributed by atoms with E-state index in [-0.39, 0.29) is 35.4 Å². The van der Waals surface area contributed by atoms with Gasteiger partial charge in [0.2, 0.25) is 0 Å². The number of benzene rings is 1. The molecular formula is C20H30IN3O2. The lowest BCUT2D eigenvalue weighted by molar-refractivity contribution is -0.188. The molecule has 1 saturated carbocycles. The lowest BCUT2D eigenvalue weighted by Gasteiger charge is -2.60. The number of fused-ring (bicyclic) bond motifs is 2. The first kappa shape index (κ1) is 19.7. The van der Waals surface area contributed by atoms with Crippen LogP contribution in [0.3, 0.4) is 0 Å². The summed E-state index contributed by atoms with van der Waals surface area (Å²) in [6.45, 7) is 6.24. The molecule has 1 aromatic rings. The zero-order chi connectivity index (χ0) is 17.4. The van der Waals surface area contributed by atoms with Crippen molar-refractivity contribution in [1.82, 2.24) is 10.6 Å². The van der Waals surface area contributed by atoms with E-state index >= 15 is 0 Å². The highest BCUT2D eigenvalue weighted by molar-refractivity contribution is 14.0. The van der Waals surface area contributed by atoms with Crippen LogP contribution in [0.4, 0.5) is 0 Å². The van der Waals surface area contributed by atoms with E-state index in [0.717, 1.165) is 37.8 Å². The van der Waals surface area contributed by atoms with Gasteiger partial charge in [-0.1, -0.05) is 32.0 Å². The van der Waals surface area contributed by atoms with Crippen LogP contribution in [0.5, 0.6) is 5.75 Å². The minimum absolute atomic E-state index is 0. The smallest absolute Gasteiger partial charge is 0.191 e. The molecule has 1 aromatic carbocycles. The molecule has 4 unspecified atom stereocenters. The van der Waals surface area contributed by atoms with E-state index in [1.54, 1.807) is 0 Å².